The number of piperidine rings is 1. The van der Waals surface area contributed by atoms with Gasteiger partial charge in [-0.05, 0) is 51.2 Å². The van der Waals surface area contributed by atoms with Crippen molar-refractivity contribution in [1.82, 2.24) is 9.80 Å². The largest absolute Gasteiger partial charge is 0.492 e. The van der Waals surface area contributed by atoms with E-state index in [1.54, 1.807) is 0 Å². The Morgan fingerprint density at radius 1 is 1.32 bits per heavy atom. The third-order valence-corrected chi connectivity index (χ3v) is 4.01. The van der Waals surface area contributed by atoms with Crippen LogP contribution >= 0.6 is 0 Å². The Hall–Kier alpha value is -1.59. The molecular formula is C17H26N2O3. The van der Waals surface area contributed by atoms with Crippen molar-refractivity contribution < 1.29 is 14.6 Å². The summed E-state index contributed by atoms with van der Waals surface area (Å²) in [5.74, 6) is 0.155. The summed E-state index contributed by atoms with van der Waals surface area (Å²) in [6, 6.07) is 7.64. The van der Waals surface area contributed by atoms with Crippen LogP contribution in [0.3, 0.4) is 0 Å². The highest BCUT2D eigenvalue weighted by molar-refractivity contribution is 5.73. The lowest BCUT2D eigenvalue weighted by Gasteiger charge is -2.32. The summed E-state index contributed by atoms with van der Waals surface area (Å²) in [5.41, 5.74) is 1.13. The van der Waals surface area contributed by atoms with Crippen molar-refractivity contribution in [3.05, 3.63) is 29.8 Å². The van der Waals surface area contributed by atoms with Gasteiger partial charge in [-0.3, -0.25) is 9.69 Å². The Labute approximate surface area is 132 Å². The van der Waals surface area contributed by atoms with Gasteiger partial charge < -0.3 is 14.7 Å². The molecule has 0 aliphatic carbocycles. The first-order valence-electron chi connectivity index (χ1n) is 7.89. The molecule has 5 nitrogen and oxygen atoms in total. The number of hydrogen-bond acceptors (Lipinski definition) is 4. The minimum absolute atomic E-state index is 0.343. The monoisotopic (exact) mass is 306 g/mol. The number of hydrogen-bond donors (Lipinski definition) is 1. The van der Waals surface area contributed by atoms with E-state index in [1.807, 2.05) is 38.4 Å². The molecule has 1 N–H and O–H groups in total. The predicted octanol–water partition coefficient (Wildman–Crippen LogP) is 2.07. The van der Waals surface area contributed by atoms with Gasteiger partial charge in [0.05, 0.1) is 0 Å². The molecule has 22 heavy (non-hydrogen) atoms. The normalized spacial score (nSPS) is 19.3. The van der Waals surface area contributed by atoms with Crippen LogP contribution in [0.4, 0.5) is 0 Å². The second-order valence-corrected chi connectivity index (χ2v) is 6.12. The number of likely N-dealkylation sites (tertiary alicyclic amines) is 1. The molecule has 0 radical (unpaired) electrons. The number of carboxylic acid groups (broad SMARTS) is 1. The van der Waals surface area contributed by atoms with Crippen LogP contribution in [-0.4, -0.2) is 60.7 Å². The third-order valence-electron chi connectivity index (χ3n) is 4.01. The van der Waals surface area contributed by atoms with Gasteiger partial charge in [-0.15, -0.1) is 0 Å². The first-order valence-corrected chi connectivity index (χ1v) is 7.89. The second-order valence-electron chi connectivity index (χ2n) is 6.12. The summed E-state index contributed by atoms with van der Waals surface area (Å²) in [7, 11) is 4.04. The van der Waals surface area contributed by atoms with E-state index in [2.05, 4.69) is 9.80 Å². The number of ether oxygens (including phenoxy) is 1. The van der Waals surface area contributed by atoms with Crippen LogP contribution in [0.25, 0.3) is 0 Å². The molecule has 1 aliphatic heterocycles. The molecule has 1 saturated heterocycles. The van der Waals surface area contributed by atoms with Crippen molar-refractivity contribution in [2.75, 3.05) is 33.8 Å². The van der Waals surface area contributed by atoms with Crippen molar-refractivity contribution in [2.45, 2.75) is 31.8 Å². The molecule has 0 amide bonds. The number of likely N-dealkylation sites (N-methyl/N-ethyl adjacent to an activating group) is 1. The molecule has 1 aliphatic rings. The number of benzene rings is 1. The van der Waals surface area contributed by atoms with Gasteiger partial charge in [-0.25, -0.2) is 0 Å². The maximum absolute atomic E-state index is 11.3. The second kappa shape index (κ2) is 8.15. The van der Waals surface area contributed by atoms with Crippen molar-refractivity contribution in [3.63, 3.8) is 0 Å². The zero-order valence-electron chi connectivity index (χ0n) is 13.5. The van der Waals surface area contributed by atoms with Crippen molar-refractivity contribution in [1.29, 1.82) is 0 Å². The molecule has 1 aromatic carbocycles. The summed E-state index contributed by atoms with van der Waals surface area (Å²) in [6.07, 6.45) is 2.84. The molecule has 5 heteroatoms. The molecule has 1 atom stereocenters. The molecule has 1 heterocycles. The summed E-state index contributed by atoms with van der Waals surface area (Å²) in [4.78, 5) is 15.5. The maximum Gasteiger partial charge on any atom is 0.320 e. The van der Waals surface area contributed by atoms with E-state index in [9.17, 15) is 9.90 Å². The van der Waals surface area contributed by atoms with Crippen LogP contribution in [0.5, 0.6) is 5.75 Å². The van der Waals surface area contributed by atoms with Gasteiger partial charge in [0.2, 0.25) is 0 Å². The molecule has 1 unspecified atom stereocenters. The van der Waals surface area contributed by atoms with E-state index < -0.39 is 5.97 Å². The maximum atomic E-state index is 11.3. The van der Waals surface area contributed by atoms with Gasteiger partial charge in [0, 0.05) is 13.1 Å². The van der Waals surface area contributed by atoms with E-state index in [0.29, 0.717) is 13.2 Å². The van der Waals surface area contributed by atoms with Crippen molar-refractivity contribution in [2.24, 2.45) is 0 Å². The van der Waals surface area contributed by atoms with Gasteiger partial charge >= 0.3 is 5.97 Å². The van der Waals surface area contributed by atoms with Gasteiger partial charge in [-0.2, -0.15) is 0 Å². The smallest absolute Gasteiger partial charge is 0.320 e. The van der Waals surface area contributed by atoms with Gasteiger partial charge in [0.1, 0.15) is 18.4 Å². The average molecular weight is 306 g/mol. The highest BCUT2D eigenvalue weighted by Gasteiger charge is 2.28. The Balaban J connectivity index is 1.88. The Morgan fingerprint density at radius 2 is 2.05 bits per heavy atom. The number of aliphatic carboxylic acids is 1. The predicted molar refractivity (Wildman–Crippen MR) is 86.2 cm³/mol. The fraction of sp³-hybridized carbons (Fsp3) is 0.588. The third kappa shape index (κ3) is 5.00. The van der Waals surface area contributed by atoms with E-state index in [-0.39, 0.29) is 6.04 Å². The number of carbonyl (C=O) groups is 1. The standard InChI is InChI=1S/C17H26N2O3/c1-18(2)11-12-22-15-8-6-14(7-9-15)13-19-10-4-3-5-16(19)17(20)21/h6-9,16H,3-5,10-13H2,1-2H3,(H,20,21). The average Bonchev–Trinajstić information content (AvgIpc) is 2.49. The lowest BCUT2D eigenvalue weighted by Crippen LogP contribution is -2.43. The molecule has 2 rings (SSSR count). The fourth-order valence-corrected chi connectivity index (χ4v) is 2.73. The van der Waals surface area contributed by atoms with Gasteiger partial charge in [0.25, 0.3) is 0 Å². The fourth-order valence-electron chi connectivity index (χ4n) is 2.73. The molecule has 0 aromatic heterocycles. The lowest BCUT2D eigenvalue weighted by molar-refractivity contribution is -0.144. The number of carboxylic acids is 1. The molecule has 1 fully saturated rings. The van der Waals surface area contributed by atoms with Crippen LogP contribution in [-0.2, 0) is 11.3 Å². The Bertz CT molecular complexity index is 473. The highest BCUT2D eigenvalue weighted by atomic mass is 16.5. The zero-order chi connectivity index (χ0) is 15.9. The van der Waals surface area contributed by atoms with Crippen LogP contribution < -0.4 is 4.74 Å². The van der Waals surface area contributed by atoms with Crippen molar-refractivity contribution in [3.8, 4) is 5.75 Å². The molecule has 0 bridgehead atoms. The quantitative estimate of drug-likeness (QED) is 0.836. The van der Waals surface area contributed by atoms with E-state index in [4.69, 9.17) is 4.74 Å². The SMILES string of the molecule is CN(C)CCOc1ccc(CN2CCCCC2C(=O)O)cc1. The number of nitrogens with zero attached hydrogens (tertiary/aromatic N) is 2. The topological polar surface area (TPSA) is 53.0 Å². The Morgan fingerprint density at radius 3 is 2.68 bits per heavy atom. The summed E-state index contributed by atoms with van der Waals surface area (Å²) < 4.78 is 5.67. The van der Waals surface area contributed by atoms with Gasteiger partial charge in [0.15, 0.2) is 0 Å². The summed E-state index contributed by atoms with van der Waals surface area (Å²) in [5, 5.41) is 9.31. The summed E-state index contributed by atoms with van der Waals surface area (Å²) in [6.45, 7) is 3.10. The van der Waals surface area contributed by atoms with Crippen LogP contribution in [0.1, 0.15) is 24.8 Å². The zero-order valence-corrected chi connectivity index (χ0v) is 13.5. The highest BCUT2D eigenvalue weighted by Crippen LogP contribution is 2.21. The molecular weight excluding hydrogens is 280 g/mol. The van der Waals surface area contributed by atoms with Crippen LogP contribution in [0.2, 0.25) is 0 Å². The Kier molecular flexibility index (Phi) is 6.21. The van der Waals surface area contributed by atoms with E-state index in [0.717, 1.165) is 43.7 Å². The lowest BCUT2D eigenvalue weighted by atomic mass is 10.0. The minimum atomic E-state index is -0.705. The van der Waals surface area contributed by atoms with E-state index >= 15 is 0 Å². The molecule has 122 valence electrons. The molecule has 1 aromatic rings. The van der Waals surface area contributed by atoms with Crippen LogP contribution in [0, 0.1) is 0 Å². The van der Waals surface area contributed by atoms with Crippen LogP contribution in [0.15, 0.2) is 24.3 Å². The minimum Gasteiger partial charge on any atom is -0.492 e. The molecule has 0 spiro atoms. The van der Waals surface area contributed by atoms with E-state index in [1.165, 1.54) is 0 Å². The number of rotatable bonds is 7. The summed E-state index contributed by atoms with van der Waals surface area (Å²) >= 11 is 0. The molecule has 0 saturated carbocycles. The van der Waals surface area contributed by atoms with Crippen molar-refractivity contribution >= 4 is 5.97 Å². The van der Waals surface area contributed by atoms with Gasteiger partial charge in [-0.1, -0.05) is 18.6 Å². The first kappa shape index (κ1) is 16.8. The first-order chi connectivity index (χ1) is 10.6.